The number of carboxylic acids is 1. The van der Waals surface area contributed by atoms with E-state index in [2.05, 4.69) is 10.3 Å². The monoisotopic (exact) mass is 252 g/mol. The van der Waals surface area contributed by atoms with Crippen molar-refractivity contribution in [3.05, 3.63) is 18.2 Å². The van der Waals surface area contributed by atoms with Crippen LogP contribution in [0.3, 0.4) is 0 Å². The maximum Gasteiger partial charge on any atom is 0.326 e. The molecule has 1 aliphatic rings. The molecule has 7 heteroatoms. The number of nitrogens with one attached hydrogen (secondary N) is 1. The molecule has 7 nitrogen and oxygen atoms in total. The van der Waals surface area contributed by atoms with Gasteiger partial charge in [0.15, 0.2) is 0 Å². The van der Waals surface area contributed by atoms with Gasteiger partial charge in [0.1, 0.15) is 11.7 Å². The van der Waals surface area contributed by atoms with E-state index in [0.29, 0.717) is 13.1 Å². The second-order valence-electron chi connectivity index (χ2n) is 4.41. The van der Waals surface area contributed by atoms with Crippen LogP contribution in [0, 0.1) is 5.92 Å². The van der Waals surface area contributed by atoms with E-state index in [4.69, 9.17) is 10.8 Å². The number of nitrogens with zero attached hydrogens (tertiary/aromatic N) is 2. The predicted octanol–water partition coefficient (Wildman–Crippen LogP) is -0.565. The minimum atomic E-state index is -0.993. The van der Waals surface area contributed by atoms with Crippen molar-refractivity contribution in [3.63, 3.8) is 0 Å². The summed E-state index contributed by atoms with van der Waals surface area (Å²) in [5.74, 6) is -1.39. The number of aliphatic carboxylic acids is 1. The third kappa shape index (κ3) is 2.86. The second kappa shape index (κ2) is 5.18. The number of carbonyl (C=O) groups excluding carboxylic acids is 1. The number of aromatic nitrogens is 2. The Kier molecular flexibility index (Phi) is 3.61. The molecule has 1 unspecified atom stereocenters. The smallest absolute Gasteiger partial charge is 0.326 e. The van der Waals surface area contributed by atoms with Crippen LogP contribution in [0.25, 0.3) is 0 Å². The summed E-state index contributed by atoms with van der Waals surface area (Å²) in [6.07, 6.45) is 4.76. The summed E-state index contributed by atoms with van der Waals surface area (Å²) in [7, 11) is 0. The Bertz CT molecular complexity index is 453. The van der Waals surface area contributed by atoms with Crippen molar-refractivity contribution >= 4 is 11.9 Å². The molecule has 0 saturated heterocycles. The third-order valence-corrected chi connectivity index (χ3v) is 2.90. The van der Waals surface area contributed by atoms with E-state index in [1.54, 1.807) is 10.8 Å². The van der Waals surface area contributed by atoms with Gasteiger partial charge < -0.3 is 20.7 Å². The Morgan fingerprint density at radius 1 is 1.61 bits per heavy atom. The van der Waals surface area contributed by atoms with E-state index in [1.165, 1.54) is 6.33 Å². The second-order valence-corrected chi connectivity index (χ2v) is 4.41. The summed E-state index contributed by atoms with van der Waals surface area (Å²) in [5, 5.41) is 11.5. The van der Waals surface area contributed by atoms with E-state index in [0.717, 1.165) is 12.8 Å². The van der Waals surface area contributed by atoms with E-state index in [-0.39, 0.29) is 11.6 Å². The van der Waals surface area contributed by atoms with Gasteiger partial charge in [0.2, 0.25) is 0 Å². The first kappa shape index (κ1) is 12.6. The van der Waals surface area contributed by atoms with Crippen LogP contribution < -0.4 is 11.1 Å². The third-order valence-electron chi connectivity index (χ3n) is 2.90. The van der Waals surface area contributed by atoms with Gasteiger partial charge in [-0.25, -0.2) is 9.78 Å². The summed E-state index contributed by atoms with van der Waals surface area (Å²) in [6.45, 7) is 1.03. The van der Waals surface area contributed by atoms with Crippen molar-refractivity contribution in [2.45, 2.75) is 25.4 Å². The lowest BCUT2D eigenvalue weighted by Gasteiger charge is -2.12. The van der Waals surface area contributed by atoms with Crippen LogP contribution in [0.1, 0.15) is 23.3 Å². The van der Waals surface area contributed by atoms with Crippen LogP contribution in [0.2, 0.25) is 0 Å². The highest BCUT2D eigenvalue weighted by Gasteiger charge is 2.37. The zero-order chi connectivity index (χ0) is 13.1. The van der Waals surface area contributed by atoms with E-state index < -0.39 is 17.9 Å². The van der Waals surface area contributed by atoms with Gasteiger partial charge in [-0.2, -0.15) is 0 Å². The molecule has 0 radical (unpaired) electrons. The van der Waals surface area contributed by atoms with Crippen molar-refractivity contribution in [1.29, 1.82) is 0 Å². The number of nitrogens with two attached hydrogens (primary N) is 1. The molecule has 1 atom stereocenters. The molecular formula is C11H16N4O3. The lowest BCUT2D eigenvalue weighted by molar-refractivity contribution is -0.139. The molecule has 1 aromatic heterocycles. The molecule has 0 aromatic carbocycles. The molecule has 0 spiro atoms. The maximum absolute atomic E-state index is 11.8. The van der Waals surface area contributed by atoms with Gasteiger partial charge in [-0.05, 0) is 18.8 Å². The number of carbonyl (C=O) groups is 2. The quantitative estimate of drug-likeness (QED) is 0.628. The lowest BCUT2D eigenvalue weighted by atomic mass is 10.2. The van der Waals surface area contributed by atoms with Crippen molar-refractivity contribution in [3.8, 4) is 0 Å². The molecule has 1 aromatic rings. The normalized spacial score (nSPS) is 16.3. The number of amides is 1. The number of rotatable bonds is 6. The molecule has 18 heavy (non-hydrogen) atoms. The van der Waals surface area contributed by atoms with Crippen molar-refractivity contribution < 1.29 is 14.7 Å². The zero-order valence-corrected chi connectivity index (χ0v) is 9.87. The number of imidazole rings is 1. The molecule has 1 saturated carbocycles. The maximum atomic E-state index is 11.8. The molecule has 1 heterocycles. The summed E-state index contributed by atoms with van der Waals surface area (Å²) in [4.78, 5) is 26.8. The van der Waals surface area contributed by atoms with Crippen LogP contribution in [-0.4, -0.2) is 39.1 Å². The van der Waals surface area contributed by atoms with E-state index >= 15 is 0 Å². The van der Waals surface area contributed by atoms with Gasteiger partial charge in [-0.1, -0.05) is 0 Å². The number of hydrogen-bond acceptors (Lipinski definition) is 4. The molecule has 0 bridgehead atoms. The van der Waals surface area contributed by atoms with Gasteiger partial charge in [-0.3, -0.25) is 4.79 Å². The van der Waals surface area contributed by atoms with Gasteiger partial charge >= 0.3 is 5.97 Å². The fourth-order valence-corrected chi connectivity index (χ4v) is 1.77. The summed E-state index contributed by atoms with van der Waals surface area (Å²) < 4.78 is 1.70. The molecule has 1 amide bonds. The molecular weight excluding hydrogens is 236 g/mol. The largest absolute Gasteiger partial charge is 0.480 e. The fraction of sp³-hybridized carbons (Fsp3) is 0.545. The van der Waals surface area contributed by atoms with Gasteiger partial charge in [-0.15, -0.1) is 0 Å². The first-order valence-electron chi connectivity index (χ1n) is 5.87. The fourth-order valence-electron chi connectivity index (χ4n) is 1.77. The Labute approximate surface area is 104 Å². The van der Waals surface area contributed by atoms with Crippen LogP contribution in [0.5, 0.6) is 0 Å². The van der Waals surface area contributed by atoms with Crippen molar-refractivity contribution in [1.82, 2.24) is 14.9 Å². The summed E-state index contributed by atoms with van der Waals surface area (Å²) >= 11 is 0. The molecule has 1 fully saturated rings. The van der Waals surface area contributed by atoms with Gasteiger partial charge in [0.25, 0.3) is 5.91 Å². The predicted molar refractivity (Wildman–Crippen MR) is 62.9 cm³/mol. The molecule has 0 aliphatic heterocycles. The zero-order valence-electron chi connectivity index (χ0n) is 9.87. The highest BCUT2D eigenvalue weighted by atomic mass is 16.4. The SMILES string of the molecule is NCCn1cnc(C(=O)NC(C(=O)O)C2CC2)c1. The van der Waals surface area contributed by atoms with Crippen LogP contribution in [0.15, 0.2) is 12.5 Å². The van der Waals surface area contributed by atoms with Crippen LogP contribution in [0.4, 0.5) is 0 Å². The van der Waals surface area contributed by atoms with E-state index in [1.807, 2.05) is 0 Å². The molecule has 2 rings (SSSR count). The van der Waals surface area contributed by atoms with E-state index in [9.17, 15) is 9.59 Å². The topological polar surface area (TPSA) is 110 Å². The Morgan fingerprint density at radius 3 is 2.89 bits per heavy atom. The summed E-state index contributed by atoms with van der Waals surface area (Å²) in [5.41, 5.74) is 5.61. The van der Waals surface area contributed by atoms with Gasteiger partial charge in [0, 0.05) is 19.3 Å². The average molecular weight is 252 g/mol. The standard InChI is InChI=1S/C11H16N4O3/c12-3-4-15-5-8(13-6-15)10(16)14-9(11(17)18)7-1-2-7/h5-7,9H,1-4,12H2,(H,14,16)(H,17,18). The highest BCUT2D eigenvalue weighted by molar-refractivity contribution is 5.94. The minimum absolute atomic E-state index is 0.0533. The first-order chi connectivity index (χ1) is 8.61. The minimum Gasteiger partial charge on any atom is -0.480 e. The van der Waals surface area contributed by atoms with Crippen molar-refractivity contribution in [2.75, 3.05) is 6.54 Å². The van der Waals surface area contributed by atoms with Crippen molar-refractivity contribution in [2.24, 2.45) is 11.7 Å². The molecule has 98 valence electrons. The first-order valence-corrected chi connectivity index (χ1v) is 5.87. The van der Waals surface area contributed by atoms with Crippen LogP contribution in [-0.2, 0) is 11.3 Å². The lowest BCUT2D eigenvalue weighted by Crippen LogP contribution is -2.42. The summed E-state index contributed by atoms with van der Waals surface area (Å²) in [6, 6.07) is -0.808. The van der Waals surface area contributed by atoms with Crippen LogP contribution >= 0.6 is 0 Å². The Balaban J connectivity index is 1.99. The average Bonchev–Trinajstić information content (AvgIpc) is 3.05. The highest BCUT2D eigenvalue weighted by Crippen LogP contribution is 2.32. The number of carboxylic acid groups (broad SMARTS) is 1. The van der Waals surface area contributed by atoms with Gasteiger partial charge in [0.05, 0.1) is 6.33 Å². The Hall–Kier alpha value is -1.89. The molecule has 1 aliphatic carbocycles. The number of hydrogen-bond donors (Lipinski definition) is 3. The molecule has 4 N–H and O–H groups in total. The Morgan fingerprint density at radius 2 is 2.33 bits per heavy atom.